The topological polar surface area (TPSA) is 64.6 Å². The number of urea groups is 1. The van der Waals surface area contributed by atoms with Gasteiger partial charge in [0, 0.05) is 24.3 Å². The van der Waals surface area contributed by atoms with E-state index in [2.05, 4.69) is 15.5 Å². The Hall–Kier alpha value is -1.75. The van der Waals surface area contributed by atoms with Crippen LogP contribution in [0.2, 0.25) is 0 Å². The number of likely N-dealkylation sites (tertiary alicyclic amines) is 1. The zero-order valence-corrected chi connectivity index (χ0v) is 9.81. The highest BCUT2D eigenvalue weighted by Gasteiger charge is 2.20. The van der Waals surface area contributed by atoms with E-state index in [-0.39, 0.29) is 17.8 Å². The van der Waals surface area contributed by atoms with E-state index in [0.717, 1.165) is 19.5 Å². The van der Waals surface area contributed by atoms with E-state index < -0.39 is 0 Å². The lowest BCUT2D eigenvalue weighted by Crippen LogP contribution is -2.39. The summed E-state index contributed by atoms with van der Waals surface area (Å²) < 4.78 is 0. The van der Waals surface area contributed by atoms with Crippen LogP contribution in [-0.2, 0) is 0 Å². The summed E-state index contributed by atoms with van der Waals surface area (Å²) in [7, 11) is 2.04. The van der Waals surface area contributed by atoms with Gasteiger partial charge in [-0.15, -0.1) is 0 Å². The molecule has 0 unspecified atom stereocenters. The second-order valence-corrected chi connectivity index (χ2v) is 4.40. The minimum absolute atomic E-state index is 0.142. The Kier molecular flexibility index (Phi) is 3.49. The van der Waals surface area contributed by atoms with Gasteiger partial charge in [-0.05, 0) is 32.1 Å². The highest BCUT2D eigenvalue weighted by atomic mass is 16.3. The predicted molar refractivity (Wildman–Crippen MR) is 66.2 cm³/mol. The maximum Gasteiger partial charge on any atom is 0.319 e. The number of nitrogens with one attached hydrogen (secondary N) is 2. The van der Waals surface area contributed by atoms with Crippen molar-refractivity contribution in [3.05, 3.63) is 24.3 Å². The van der Waals surface area contributed by atoms with Crippen LogP contribution in [0.15, 0.2) is 24.3 Å². The Bertz CT molecular complexity index is 408. The van der Waals surface area contributed by atoms with Crippen molar-refractivity contribution in [3.63, 3.8) is 0 Å². The quantitative estimate of drug-likeness (QED) is 0.722. The van der Waals surface area contributed by atoms with Crippen molar-refractivity contribution in [1.29, 1.82) is 0 Å². The Morgan fingerprint density at radius 2 is 2.35 bits per heavy atom. The number of benzene rings is 1. The first kappa shape index (κ1) is 11.7. The molecular formula is C12H17N3O2. The molecule has 5 heteroatoms. The molecule has 17 heavy (non-hydrogen) atoms. The SMILES string of the molecule is CN1CC[C@@H](NC(=O)Nc2cccc(O)c2)C1. The largest absolute Gasteiger partial charge is 0.508 e. The van der Waals surface area contributed by atoms with Crippen molar-refractivity contribution in [2.45, 2.75) is 12.5 Å². The monoisotopic (exact) mass is 235 g/mol. The molecule has 92 valence electrons. The van der Waals surface area contributed by atoms with Crippen LogP contribution in [0.25, 0.3) is 0 Å². The van der Waals surface area contributed by atoms with Crippen LogP contribution in [0.1, 0.15) is 6.42 Å². The fourth-order valence-corrected chi connectivity index (χ4v) is 1.99. The van der Waals surface area contributed by atoms with Crippen LogP contribution < -0.4 is 10.6 Å². The van der Waals surface area contributed by atoms with Crippen LogP contribution in [0, 0.1) is 0 Å². The molecule has 3 N–H and O–H groups in total. The molecule has 0 spiro atoms. The molecule has 0 aromatic heterocycles. The summed E-state index contributed by atoms with van der Waals surface area (Å²) in [6.07, 6.45) is 0.976. The summed E-state index contributed by atoms with van der Waals surface area (Å²) in [5.41, 5.74) is 0.592. The number of carbonyl (C=O) groups excluding carboxylic acids is 1. The molecule has 5 nitrogen and oxygen atoms in total. The van der Waals surface area contributed by atoms with Gasteiger partial charge in [0.05, 0.1) is 0 Å². The molecule has 0 aliphatic carbocycles. The first-order valence-corrected chi connectivity index (χ1v) is 5.68. The summed E-state index contributed by atoms with van der Waals surface area (Å²) >= 11 is 0. The van der Waals surface area contributed by atoms with Crippen molar-refractivity contribution in [1.82, 2.24) is 10.2 Å². The molecule has 1 heterocycles. The van der Waals surface area contributed by atoms with Gasteiger partial charge in [-0.2, -0.15) is 0 Å². The normalized spacial score (nSPS) is 20.2. The summed E-state index contributed by atoms with van der Waals surface area (Å²) in [5.74, 6) is 0.142. The number of rotatable bonds is 2. The number of hydrogen-bond donors (Lipinski definition) is 3. The van der Waals surface area contributed by atoms with Gasteiger partial charge in [-0.25, -0.2) is 4.79 Å². The molecule has 2 rings (SSSR count). The van der Waals surface area contributed by atoms with Gasteiger partial charge in [0.2, 0.25) is 0 Å². The average molecular weight is 235 g/mol. The van der Waals surface area contributed by atoms with Crippen molar-refractivity contribution in [3.8, 4) is 5.75 Å². The highest BCUT2D eigenvalue weighted by Crippen LogP contribution is 2.15. The van der Waals surface area contributed by atoms with Crippen molar-refractivity contribution < 1.29 is 9.90 Å². The summed E-state index contributed by atoms with van der Waals surface area (Å²) in [5, 5.41) is 14.9. The first-order chi connectivity index (χ1) is 8.13. The van der Waals surface area contributed by atoms with Crippen LogP contribution in [0.3, 0.4) is 0 Å². The van der Waals surface area contributed by atoms with E-state index in [9.17, 15) is 9.90 Å². The minimum Gasteiger partial charge on any atom is -0.508 e. The molecule has 0 radical (unpaired) electrons. The molecular weight excluding hydrogens is 218 g/mol. The van der Waals surface area contributed by atoms with Gasteiger partial charge in [0.15, 0.2) is 0 Å². The lowest BCUT2D eigenvalue weighted by atomic mass is 10.2. The molecule has 0 bridgehead atoms. The summed E-state index contributed by atoms with van der Waals surface area (Å²) in [4.78, 5) is 13.8. The maximum atomic E-state index is 11.7. The number of carbonyl (C=O) groups is 1. The molecule has 0 saturated carbocycles. The number of amides is 2. The Morgan fingerprint density at radius 3 is 3.00 bits per heavy atom. The number of phenols is 1. The Morgan fingerprint density at radius 1 is 1.53 bits per heavy atom. The Labute approximate surface area is 100 Å². The molecule has 1 aliphatic rings. The lowest BCUT2D eigenvalue weighted by Gasteiger charge is -2.13. The third-order valence-electron chi connectivity index (χ3n) is 2.83. The third kappa shape index (κ3) is 3.35. The van der Waals surface area contributed by atoms with E-state index in [1.54, 1.807) is 18.2 Å². The molecule has 2 amide bonds. The van der Waals surface area contributed by atoms with E-state index >= 15 is 0 Å². The van der Waals surface area contributed by atoms with Gasteiger partial charge in [0.25, 0.3) is 0 Å². The first-order valence-electron chi connectivity index (χ1n) is 5.68. The highest BCUT2D eigenvalue weighted by molar-refractivity contribution is 5.89. The minimum atomic E-state index is -0.226. The van der Waals surface area contributed by atoms with Crippen LogP contribution >= 0.6 is 0 Å². The summed E-state index contributed by atoms with van der Waals surface area (Å²) in [6, 6.07) is 6.48. The standard InChI is InChI=1S/C12H17N3O2/c1-15-6-5-10(8-15)14-12(17)13-9-3-2-4-11(16)7-9/h2-4,7,10,16H,5-6,8H2,1H3,(H2,13,14,17)/t10-/m1/s1. The third-order valence-corrected chi connectivity index (χ3v) is 2.83. The second-order valence-electron chi connectivity index (χ2n) is 4.40. The number of likely N-dealkylation sites (N-methyl/N-ethyl adjacent to an activating group) is 1. The zero-order chi connectivity index (χ0) is 12.3. The number of hydrogen-bond acceptors (Lipinski definition) is 3. The fourth-order valence-electron chi connectivity index (χ4n) is 1.99. The summed E-state index contributed by atoms with van der Waals surface area (Å²) in [6.45, 7) is 1.89. The zero-order valence-electron chi connectivity index (χ0n) is 9.81. The number of phenolic OH excluding ortho intramolecular Hbond substituents is 1. The molecule has 1 aromatic carbocycles. The molecule has 1 atom stereocenters. The lowest BCUT2D eigenvalue weighted by molar-refractivity contribution is 0.248. The number of anilines is 1. The van der Waals surface area contributed by atoms with Crippen molar-refractivity contribution in [2.24, 2.45) is 0 Å². The van der Waals surface area contributed by atoms with Crippen LogP contribution in [0.5, 0.6) is 5.75 Å². The van der Waals surface area contributed by atoms with E-state index in [1.165, 1.54) is 6.07 Å². The van der Waals surface area contributed by atoms with E-state index in [1.807, 2.05) is 7.05 Å². The molecule has 1 aliphatic heterocycles. The van der Waals surface area contributed by atoms with E-state index in [0.29, 0.717) is 5.69 Å². The number of aromatic hydroxyl groups is 1. The molecule has 1 aromatic rings. The van der Waals surface area contributed by atoms with Crippen LogP contribution in [-0.4, -0.2) is 42.2 Å². The molecule has 1 fully saturated rings. The predicted octanol–water partition coefficient (Wildman–Crippen LogP) is 1.22. The smallest absolute Gasteiger partial charge is 0.319 e. The van der Waals surface area contributed by atoms with Gasteiger partial charge in [-0.1, -0.05) is 6.07 Å². The van der Waals surface area contributed by atoms with Gasteiger partial charge in [0.1, 0.15) is 5.75 Å². The maximum absolute atomic E-state index is 11.7. The molecule has 1 saturated heterocycles. The number of nitrogens with zero attached hydrogens (tertiary/aromatic N) is 1. The van der Waals surface area contributed by atoms with E-state index in [4.69, 9.17) is 0 Å². The fraction of sp³-hybridized carbons (Fsp3) is 0.417. The second kappa shape index (κ2) is 5.05. The van der Waals surface area contributed by atoms with Crippen molar-refractivity contribution in [2.75, 3.05) is 25.5 Å². The van der Waals surface area contributed by atoms with Gasteiger partial charge >= 0.3 is 6.03 Å². The van der Waals surface area contributed by atoms with Gasteiger partial charge in [-0.3, -0.25) is 0 Å². The van der Waals surface area contributed by atoms with Crippen LogP contribution in [0.4, 0.5) is 10.5 Å². The van der Waals surface area contributed by atoms with Crippen molar-refractivity contribution >= 4 is 11.7 Å². The average Bonchev–Trinajstić information content (AvgIpc) is 2.63. The van der Waals surface area contributed by atoms with Gasteiger partial charge < -0.3 is 20.6 Å². The Balaban J connectivity index is 1.85.